The van der Waals surface area contributed by atoms with Gasteiger partial charge in [-0.1, -0.05) is 35.0 Å². The molecule has 1 heterocycles. The number of hydrogen-bond acceptors (Lipinski definition) is 3. The van der Waals surface area contributed by atoms with Crippen molar-refractivity contribution in [1.29, 1.82) is 0 Å². The third-order valence-corrected chi connectivity index (χ3v) is 2.44. The van der Waals surface area contributed by atoms with Crippen molar-refractivity contribution in [3.8, 4) is 11.8 Å². The average Bonchev–Trinajstić information content (AvgIpc) is 2.27. The highest BCUT2D eigenvalue weighted by Crippen LogP contribution is 2.18. The van der Waals surface area contributed by atoms with E-state index < -0.39 is 11.7 Å². The van der Waals surface area contributed by atoms with Crippen molar-refractivity contribution in [3.05, 3.63) is 28.0 Å². The van der Waals surface area contributed by atoms with Crippen molar-refractivity contribution < 1.29 is 9.53 Å². The number of ether oxygens (including phenoxy) is 1. The highest BCUT2D eigenvalue weighted by molar-refractivity contribution is 6.41. The fraction of sp³-hybridized carbons (Fsp3) is 0.385. The molecule has 1 aromatic heterocycles. The minimum atomic E-state index is -0.523. The Kier molecular flexibility index (Phi) is 5.46. The maximum absolute atomic E-state index is 11.3. The Labute approximate surface area is 122 Å². The van der Waals surface area contributed by atoms with Crippen LogP contribution in [0.15, 0.2) is 12.3 Å². The minimum absolute atomic E-state index is 0.176. The molecule has 1 rings (SSSR count). The summed E-state index contributed by atoms with van der Waals surface area (Å²) in [6.07, 6.45) is 1.00. The summed E-state index contributed by atoms with van der Waals surface area (Å²) in [5, 5.41) is 3.10. The summed E-state index contributed by atoms with van der Waals surface area (Å²) in [7, 11) is 0. The zero-order valence-electron chi connectivity index (χ0n) is 10.9. The van der Waals surface area contributed by atoms with Crippen LogP contribution in [0.5, 0.6) is 0 Å². The maximum Gasteiger partial charge on any atom is 0.408 e. The molecule has 0 saturated heterocycles. The molecule has 0 saturated carbocycles. The van der Waals surface area contributed by atoms with Crippen molar-refractivity contribution in [3.63, 3.8) is 0 Å². The number of carbonyl (C=O) groups is 1. The molecule has 1 aromatic rings. The predicted octanol–water partition coefficient (Wildman–Crippen LogP) is 3.26. The Balaban J connectivity index is 2.47. The second-order valence-electron chi connectivity index (χ2n) is 4.65. The zero-order valence-corrected chi connectivity index (χ0v) is 12.4. The summed E-state index contributed by atoms with van der Waals surface area (Å²) in [5.74, 6) is 5.57. The molecule has 0 aliphatic rings. The number of rotatable bonds is 1. The van der Waals surface area contributed by atoms with Crippen LogP contribution in [-0.2, 0) is 4.74 Å². The van der Waals surface area contributed by atoms with Crippen molar-refractivity contribution in [2.24, 2.45) is 0 Å². The molecule has 0 radical (unpaired) electrons. The Morgan fingerprint density at radius 2 is 2.16 bits per heavy atom. The molecule has 4 nitrogen and oxygen atoms in total. The zero-order chi connectivity index (χ0) is 14.5. The van der Waals surface area contributed by atoms with Crippen LogP contribution in [-0.4, -0.2) is 23.2 Å². The number of alkyl carbamates (subject to hydrolysis) is 1. The summed E-state index contributed by atoms with van der Waals surface area (Å²) >= 11 is 11.5. The SMILES string of the molecule is CC(C)(C)OC(=O)NCC#Cc1cnc(Cl)c(Cl)c1. The van der Waals surface area contributed by atoms with Crippen LogP contribution in [0, 0.1) is 11.8 Å². The first-order valence-electron chi connectivity index (χ1n) is 5.55. The van der Waals surface area contributed by atoms with Crippen LogP contribution in [0.25, 0.3) is 0 Å². The van der Waals surface area contributed by atoms with Gasteiger partial charge in [0.1, 0.15) is 10.8 Å². The standard InChI is InChI=1S/C13H14Cl2N2O2/c1-13(2,3)19-12(18)16-6-4-5-9-7-10(14)11(15)17-8-9/h7-8H,6H2,1-3H3,(H,16,18). The molecule has 0 aromatic carbocycles. The van der Waals surface area contributed by atoms with Crippen LogP contribution in [0.3, 0.4) is 0 Å². The average molecular weight is 301 g/mol. The predicted molar refractivity (Wildman–Crippen MR) is 75.4 cm³/mol. The van der Waals surface area contributed by atoms with Crippen molar-refractivity contribution in [1.82, 2.24) is 10.3 Å². The molecule has 1 N–H and O–H groups in total. The lowest BCUT2D eigenvalue weighted by Gasteiger charge is -2.18. The summed E-state index contributed by atoms with van der Waals surface area (Å²) in [6.45, 7) is 5.55. The van der Waals surface area contributed by atoms with Crippen molar-refractivity contribution in [2.45, 2.75) is 26.4 Å². The van der Waals surface area contributed by atoms with Crippen LogP contribution < -0.4 is 5.32 Å². The van der Waals surface area contributed by atoms with Gasteiger partial charge in [-0.2, -0.15) is 0 Å². The van der Waals surface area contributed by atoms with Gasteiger partial charge in [0.2, 0.25) is 0 Å². The number of aromatic nitrogens is 1. The molecule has 102 valence electrons. The van der Waals surface area contributed by atoms with E-state index in [9.17, 15) is 4.79 Å². The number of hydrogen-bond donors (Lipinski definition) is 1. The van der Waals surface area contributed by atoms with Gasteiger partial charge in [0.15, 0.2) is 0 Å². The summed E-state index contributed by atoms with van der Waals surface area (Å²) in [6, 6.07) is 1.61. The number of carbonyl (C=O) groups excluding carboxylic acids is 1. The normalized spacial score (nSPS) is 10.4. The summed E-state index contributed by atoms with van der Waals surface area (Å²) in [4.78, 5) is 15.2. The van der Waals surface area contributed by atoms with Gasteiger partial charge in [0.05, 0.1) is 11.6 Å². The van der Waals surface area contributed by atoms with Gasteiger partial charge < -0.3 is 10.1 Å². The highest BCUT2D eigenvalue weighted by Gasteiger charge is 2.14. The Bertz CT molecular complexity index is 528. The topological polar surface area (TPSA) is 51.2 Å². The maximum atomic E-state index is 11.3. The lowest BCUT2D eigenvalue weighted by atomic mass is 10.2. The number of halogens is 2. The van der Waals surface area contributed by atoms with Gasteiger partial charge in [0, 0.05) is 11.8 Å². The van der Waals surface area contributed by atoms with E-state index in [0.29, 0.717) is 10.6 Å². The fourth-order valence-electron chi connectivity index (χ4n) is 1.07. The molecule has 0 atom stereocenters. The molecule has 0 aliphatic carbocycles. The molecule has 0 fully saturated rings. The minimum Gasteiger partial charge on any atom is -0.444 e. The number of amides is 1. The number of pyridine rings is 1. The van der Waals surface area contributed by atoms with Crippen LogP contribution in [0.4, 0.5) is 4.79 Å². The van der Waals surface area contributed by atoms with E-state index in [1.165, 1.54) is 6.20 Å². The van der Waals surface area contributed by atoms with Gasteiger partial charge in [-0.3, -0.25) is 0 Å². The quantitative estimate of drug-likeness (QED) is 0.640. The third-order valence-electron chi connectivity index (χ3n) is 1.75. The molecule has 0 aliphatic heterocycles. The highest BCUT2D eigenvalue weighted by atomic mass is 35.5. The van der Waals surface area contributed by atoms with Gasteiger partial charge in [-0.25, -0.2) is 9.78 Å². The first-order chi connectivity index (χ1) is 8.78. The number of nitrogens with one attached hydrogen (secondary N) is 1. The third kappa shape index (κ3) is 6.32. The van der Waals surface area contributed by atoms with Crippen LogP contribution in [0.2, 0.25) is 10.2 Å². The van der Waals surface area contributed by atoms with E-state index in [4.69, 9.17) is 27.9 Å². The molecule has 19 heavy (non-hydrogen) atoms. The second-order valence-corrected chi connectivity index (χ2v) is 5.42. The Hall–Kier alpha value is -1.44. The largest absolute Gasteiger partial charge is 0.444 e. The smallest absolute Gasteiger partial charge is 0.408 e. The second kappa shape index (κ2) is 6.65. The molecule has 0 bridgehead atoms. The van der Waals surface area contributed by atoms with E-state index in [1.54, 1.807) is 26.8 Å². The van der Waals surface area contributed by atoms with E-state index in [1.807, 2.05) is 0 Å². The molecule has 0 unspecified atom stereocenters. The molecule has 6 heteroatoms. The molecular formula is C13H14Cl2N2O2. The first-order valence-corrected chi connectivity index (χ1v) is 6.30. The lowest BCUT2D eigenvalue weighted by Crippen LogP contribution is -2.32. The Morgan fingerprint density at radius 3 is 2.74 bits per heavy atom. The van der Waals surface area contributed by atoms with E-state index in [2.05, 4.69) is 22.1 Å². The van der Waals surface area contributed by atoms with Crippen LogP contribution in [0.1, 0.15) is 26.3 Å². The van der Waals surface area contributed by atoms with Crippen LogP contribution >= 0.6 is 23.2 Å². The van der Waals surface area contributed by atoms with E-state index in [0.717, 1.165) is 0 Å². The summed E-state index contributed by atoms with van der Waals surface area (Å²) in [5.41, 5.74) is 0.103. The van der Waals surface area contributed by atoms with Gasteiger partial charge in [-0.05, 0) is 26.8 Å². The van der Waals surface area contributed by atoms with Gasteiger partial charge >= 0.3 is 6.09 Å². The van der Waals surface area contributed by atoms with E-state index >= 15 is 0 Å². The molecular weight excluding hydrogens is 287 g/mol. The Morgan fingerprint density at radius 1 is 1.47 bits per heavy atom. The number of nitrogens with zero attached hydrogens (tertiary/aromatic N) is 1. The summed E-state index contributed by atoms with van der Waals surface area (Å²) < 4.78 is 5.06. The fourth-order valence-corrected chi connectivity index (χ4v) is 1.34. The van der Waals surface area contributed by atoms with E-state index in [-0.39, 0.29) is 11.7 Å². The first kappa shape index (κ1) is 15.6. The van der Waals surface area contributed by atoms with Gasteiger partial charge in [-0.15, -0.1) is 0 Å². The lowest BCUT2D eigenvalue weighted by molar-refractivity contribution is 0.0535. The monoisotopic (exact) mass is 300 g/mol. The molecule has 1 amide bonds. The van der Waals surface area contributed by atoms with Gasteiger partial charge in [0.25, 0.3) is 0 Å². The van der Waals surface area contributed by atoms with Crippen molar-refractivity contribution in [2.75, 3.05) is 6.54 Å². The van der Waals surface area contributed by atoms with Crippen molar-refractivity contribution >= 4 is 29.3 Å². The molecule has 0 spiro atoms.